The van der Waals surface area contributed by atoms with Crippen LogP contribution in [-0.4, -0.2) is 20.1 Å². The van der Waals surface area contributed by atoms with E-state index in [4.69, 9.17) is 4.74 Å². The van der Waals surface area contributed by atoms with Crippen molar-refractivity contribution in [3.05, 3.63) is 59.2 Å². The van der Waals surface area contributed by atoms with E-state index in [1.165, 1.54) is 0 Å². The summed E-state index contributed by atoms with van der Waals surface area (Å²) in [6.45, 7) is 2.72. The molecule has 110 valence electrons. The van der Waals surface area contributed by atoms with Crippen LogP contribution in [0, 0.1) is 6.92 Å². The normalized spacial score (nSPS) is 10.0. The standard InChI is InChI=1S/C17H20N2O2/c1-12-10-15(8-9-16(12)21-3)19-11-13-4-6-14(7-5-13)17(20)18-2/h4-10,19H,11H2,1-3H3,(H,18,20). The van der Waals surface area contributed by atoms with Gasteiger partial charge in [0, 0.05) is 24.8 Å². The fourth-order valence-corrected chi connectivity index (χ4v) is 2.11. The van der Waals surface area contributed by atoms with Crippen molar-refractivity contribution in [2.24, 2.45) is 0 Å². The first kappa shape index (κ1) is 14.9. The third-order valence-corrected chi connectivity index (χ3v) is 3.33. The molecule has 0 atom stereocenters. The molecular formula is C17H20N2O2. The number of hydrogen-bond donors (Lipinski definition) is 2. The van der Waals surface area contributed by atoms with Crippen LogP contribution in [0.15, 0.2) is 42.5 Å². The zero-order chi connectivity index (χ0) is 15.2. The largest absolute Gasteiger partial charge is 0.496 e. The van der Waals surface area contributed by atoms with E-state index >= 15 is 0 Å². The lowest BCUT2D eigenvalue weighted by atomic mass is 10.1. The lowest BCUT2D eigenvalue weighted by Gasteiger charge is -2.10. The Morgan fingerprint density at radius 2 is 1.86 bits per heavy atom. The first-order chi connectivity index (χ1) is 10.1. The van der Waals surface area contributed by atoms with Crippen molar-refractivity contribution in [3.63, 3.8) is 0 Å². The Kier molecular flexibility index (Phi) is 4.82. The summed E-state index contributed by atoms with van der Waals surface area (Å²) in [5.41, 5.74) is 3.93. The molecule has 0 aliphatic carbocycles. The predicted molar refractivity (Wildman–Crippen MR) is 84.9 cm³/mol. The number of ether oxygens (including phenoxy) is 1. The summed E-state index contributed by atoms with van der Waals surface area (Å²) in [6, 6.07) is 13.6. The van der Waals surface area contributed by atoms with Crippen LogP contribution in [0.2, 0.25) is 0 Å². The molecule has 2 N–H and O–H groups in total. The van der Waals surface area contributed by atoms with E-state index in [-0.39, 0.29) is 5.91 Å². The molecular weight excluding hydrogens is 264 g/mol. The lowest BCUT2D eigenvalue weighted by molar-refractivity contribution is 0.0963. The Hall–Kier alpha value is -2.49. The van der Waals surface area contributed by atoms with E-state index in [2.05, 4.69) is 16.7 Å². The van der Waals surface area contributed by atoms with Crippen molar-refractivity contribution in [1.29, 1.82) is 0 Å². The highest BCUT2D eigenvalue weighted by molar-refractivity contribution is 5.93. The van der Waals surface area contributed by atoms with Crippen LogP contribution in [-0.2, 0) is 6.54 Å². The minimum atomic E-state index is -0.0692. The van der Waals surface area contributed by atoms with Gasteiger partial charge in [0.05, 0.1) is 7.11 Å². The van der Waals surface area contributed by atoms with E-state index in [1.807, 2.05) is 43.3 Å². The van der Waals surface area contributed by atoms with Gasteiger partial charge in [-0.05, 0) is 48.4 Å². The number of benzene rings is 2. The number of carbonyl (C=O) groups is 1. The van der Waals surface area contributed by atoms with Gasteiger partial charge in [0.1, 0.15) is 5.75 Å². The molecule has 2 aromatic carbocycles. The Labute approximate surface area is 125 Å². The van der Waals surface area contributed by atoms with Crippen molar-refractivity contribution in [1.82, 2.24) is 5.32 Å². The molecule has 0 bridgehead atoms. The third-order valence-electron chi connectivity index (χ3n) is 3.33. The average Bonchev–Trinajstić information content (AvgIpc) is 2.52. The molecule has 0 saturated heterocycles. The van der Waals surface area contributed by atoms with Crippen LogP contribution in [0.5, 0.6) is 5.75 Å². The highest BCUT2D eigenvalue weighted by atomic mass is 16.5. The first-order valence-electron chi connectivity index (χ1n) is 6.83. The summed E-state index contributed by atoms with van der Waals surface area (Å²) in [5, 5.41) is 5.97. The number of aryl methyl sites for hydroxylation is 1. The molecule has 4 heteroatoms. The maximum absolute atomic E-state index is 11.5. The molecule has 0 heterocycles. The summed E-state index contributed by atoms with van der Waals surface area (Å²) >= 11 is 0. The maximum atomic E-state index is 11.5. The minimum absolute atomic E-state index is 0.0692. The molecule has 0 aliphatic rings. The van der Waals surface area contributed by atoms with Gasteiger partial charge in [-0.2, -0.15) is 0 Å². The quantitative estimate of drug-likeness (QED) is 0.887. The van der Waals surface area contributed by atoms with Crippen molar-refractivity contribution >= 4 is 11.6 Å². The second-order valence-electron chi connectivity index (χ2n) is 4.81. The third kappa shape index (κ3) is 3.75. The number of nitrogens with one attached hydrogen (secondary N) is 2. The SMILES string of the molecule is CNC(=O)c1ccc(CNc2ccc(OC)c(C)c2)cc1. The number of anilines is 1. The first-order valence-corrected chi connectivity index (χ1v) is 6.83. The molecule has 0 fully saturated rings. The zero-order valence-electron chi connectivity index (χ0n) is 12.6. The Balaban J connectivity index is 1.99. The van der Waals surface area contributed by atoms with Crippen molar-refractivity contribution in [2.45, 2.75) is 13.5 Å². The molecule has 0 aliphatic heterocycles. The molecule has 0 saturated carbocycles. The van der Waals surface area contributed by atoms with E-state index in [0.717, 1.165) is 22.6 Å². The molecule has 0 radical (unpaired) electrons. The minimum Gasteiger partial charge on any atom is -0.496 e. The molecule has 0 spiro atoms. The van der Waals surface area contributed by atoms with E-state index in [1.54, 1.807) is 14.2 Å². The Bertz CT molecular complexity index is 621. The van der Waals surface area contributed by atoms with Crippen molar-refractivity contribution < 1.29 is 9.53 Å². The zero-order valence-corrected chi connectivity index (χ0v) is 12.6. The topological polar surface area (TPSA) is 50.4 Å². The van der Waals surface area contributed by atoms with Crippen molar-refractivity contribution in [2.75, 3.05) is 19.5 Å². The van der Waals surface area contributed by atoms with Crippen LogP contribution in [0.25, 0.3) is 0 Å². The van der Waals surface area contributed by atoms with Gasteiger partial charge >= 0.3 is 0 Å². The van der Waals surface area contributed by atoms with E-state index in [9.17, 15) is 4.79 Å². The number of methoxy groups -OCH3 is 1. The van der Waals surface area contributed by atoms with Gasteiger partial charge in [0.25, 0.3) is 5.91 Å². The van der Waals surface area contributed by atoms with Crippen LogP contribution < -0.4 is 15.4 Å². The van der Waals surface area contributed by atoms with Gasteiger partial charge in [-0.3, -0.25) is 4.79 Å². The maximum Gasteiger partial charge on any atom is 0.251 e. The number of hydrogen-bond acceptors (Lipinski definition) is 3. The number of amides is 1. The van der Waals surface area contributed by atoms with Gasteiger partial charge in [-0.25, -0.2) is 0 Å². The van der Waals surface area contributed by atoms with E-state index in [0.29, 0.717) is 12.1 Å². The molecule has 2 aromatic rings. The highest BCUT2D eigenvalue weighted by Gasteiger charge is 2.03. The van der Waals surface area contributed by atoms with Gasteiger partial charge in [0.2, 0.25) is 0 Å². The monoisotopic (exact) mass is 284 g/mol. The van der Waals surface area contributed by atoms with Crippen LogP contribution in [0.4, 0.5) is 5.69 Å². The lowest BCUT2D eigenvalue weighted by Crippen LogP contribution is -2.17. The predicted octanol–water partition coefficient (Wildman–Crippen LogP) is 2.98. The summed E-state index contributed by atoms with van der Waals surface area (Å²) in [5.74, 6) is 0.816. The van der Waals surface area contributed by atoms with E-state index < -0.39 is 0 Å². The molecule has 2 rings (SSSR count). The van der Waals surface area contributed by atoms with Crippen LogP contribution in [0.1, 0.15) is 21.5 Å². The van der Waals surface area contributed by atoms with Crippen LogP contribution in [0.3, 0.4) is 0 Å². The summed E-state index contributed by atoms with van der Waals surface area (Å²) < 4.78 is 5.24. The fraction of sp³-hybridized carbons (Fsp3) is 0.235. The van der Waals surface area contributed by atoms with Crippen LogP contribution >= 0.6 is 0 Å². The number of carbonyl (C=O) groups excluding carboxylic acids is 1. The molecule has 21 heavy (non-hydrogen) atoms. The average molecular weight is 284 g/mol. The molecule has 0 aromatic heterocycles. The second-order valence-corrected chi connectivity index (χ2v) is 4.81. The van der Waals surface area contributed by atoms with Gasteiger partial charge < -0.3 is 15.4 Å². The molecule has 0 unspecified atom stereocenters. The van der Waals surface area contributed by atoms with Gasteiger partial charge in [-0.1, -0.05) is 12.1 Å². The van der Waals surface area contributed by atoms with Gasteiger partial charge in [0.15, 0.2) is 0 Å². The second kappa shape index (κ2) is 6.79. The van der Waals surface area contributed by atoms with Crippen molar-refractivity contribution in [3.8, 4) is 5.75 Å². The molecule has 4 nitrogen and oxygen atoms in total. The Morgan fingerprint density at radius 3 is 2.43 bits per heavy atom. The fourth-order valence-electron chi connectivity index (χ4n) is 2.11. The molecule has 1 amide bonds. The smallest absolute Gasteiger partial charge is 0.251 e. The Morgan fingerprint density at radius 1 is 1.14 bits per heavy atom. The summed E-state index contributed by atoms with van der Waals surface area (Å²) in [4.78, 5) is 11.5. The van der Waals surface area contributed by atoms with Gasteiger partial charge in [-0.15, -0.1) is 0 Å². The summed E-state index contributed by atoms with van der Waals surface area (Å²) in [7, 11) is 3.30. The highest BCUT2D eigenvalue weighted by Crippen LogP contribution is 2.21. The number of rotatable bonds is 5. The summed E-state index contributed by atoms with van der Waals surface area (Å²) in [6.07, 6.45) is 0.